The Balaban J connectivity index is 1.13. The van der Waals surface area contributed by atoms with Crippen molar-refractivity contribution >= 4 is 50.1 Å². The number of fused-ring (bicyclic) bond motifs is 2. The van der Waals surface area contributed by atoms with E-state index < -0.39 is 15.9 Å². The quantitative estimate of drug-likeness (QED) is 0.0991. The Morgan fingerprint density at radius 2 is 1.54 bits per heavy atom. The third-order valence-electron chi connectivity index (χ3n) is 13.1. The first-order valence-electron chi connectivity index (χ1n) is 23.8. The summed E-state index contributed by atoms with van der Waals surface area (Å²) in [7, 11) is -4.43. The van der Waals surface area contributed by atoms with E-state index in [0.29, 0.717) is 94.7 Å². The third-order valence-corrected chi connectivity index (χ3v) is 14.9. The number of carbonyl (C=O) groups excluding carboxylic acids is 3. The van der Waals surface area contributed by atoms with Gasteiger partial charge in [0.1, 0.15) is 12.4 Å². The van der Waals surface area contributed by atoms with Gasteiger partial charge in [-0.15, -0.1) is 0 Å². The lowest BCUT2D eigenvalue weighted by Crippen LogP contribution is -2.52. The zero-order chi connectivity index (χ0) is 47.8. The molecular weight excluding hydrogens is 906 g/mol. The molecule has 5 aromatic rings. The summed E-state index contributed by atoms with van der Waals surface area (Å²) in [4.78, 5) is 51.8. The number of nitrogens with zero attached hydrogens (tertiary/aromatic N) is 6. The van der Waals surface area contributed by atoms with E-state index in [1.165, 1.54) is 28.9 Å². The van der Waals surface area contributed by atoms with Gasteiger partial charge in [-0.05, 0) is 79.1 Å². The SMILES string of the molecule is CCCCN(CCCC)C(=O)c1nn(-c2ccc(C(=O)NS(=O)(=O)c3ccc4cccc(OCCN5CCOCC5)c4c3)cc2C(=O)N2Cc3ccccc3C[C@H]2CN2CCOCC2)c(C)c1Cl. The van der Waals surface area contributed by atoms with Crippen molar-refractivity contribution in [3.63, 3.8) is 0 Å². The maximum Gasteiger partial charge on any atom is 0.275 e. The van der Waals surface area contributed by atoms with E-state index in [0.717, 1.165) is 68.4 Å². The molecule has 17 heteroatoms. The first-order chi connectivity index (χ1) is 32.9. The summed E-state index contributed by atoms with van der Waals surface area (Å²) in [5.41, 5.74) is 3.00. The van der Waals surface area contributed by atoms with E-state index in [-0.39, 0.29) is 44.6 Å². The fraction of sp³-hybridized carbons (Fsp3) is 0.451. The first-order valence-corrected chi connectivity index (χ1v) is 25.7. The van der Waals surface area contributed by atoms with Crippen LogP contribution in [0.15, 0.2) is 83.8 Å². The molecule has 2 saturated heterocycles. The second-order valence-corrected chi connectivity index (χ2v) is 19.8. The minimum Gasteiger partial charge on any atom is -0.492 e. The van der Waals surface area contributed by atoms with Crippen LogP contribution in [-0.2, 0) is 32.5 Å². The normalized spacial score (nSPS) is 16.9. The van der Waals surface area contributed by atoms with Crippen molar-refractivity contribution in [1.82, 2.24) is 34.1 Å². The van der Waals surface area contributed by atoms with Crippen LogP contribution in [0.25, 0.3) is 16.5 Å². The number of nitrogens with one attached hydrogen (secondary N) is 1. The molecule has 0 saturated carbocycles. The van der Waals surface area contributed by atoms with Gasteiger partial charge in [0.05, 0.1) is 53.3 Å². The van der Waals surface area contributed by atoms with Crippen LogP contribution in [0.5, 0.6) is 5.75 Å². The molecule has 0 radical (unpaired) electrons. The monoisotopic (exact) mass is 967 g/mol. The number of unbranched alkanes of at least 4 members (excludes halogenated alkanes) is 2. The molecule has 1 N–H and O–H groups in total. The molecule has 4 heterocycles. The Hall–Kier alpha value is -5.36. The highest BCUT2D eigenvalue weighted by Gasteiger charge is 2.35. The van der Waals surface area contributed by atoms with Crippen LogP contribution in [0.4, 0.5) is 0 Å². The Morgan fingerprint density at radius 1 is 0.853 bits per heavy atom. The second kappa shape index (κ2) is 22.4. The zero-order valence-electron chi connectivity index (χ0n) is 39.3. The molecule has 4 aromatic carbocycles. The third kappa shape index (κ3) is 11.2. The molecule has 15 nitrogen and oxygen atoms in total. The number of amides is 3. The summed E-state index contributed by atoms with van der Waals surface area (Å²) < 4.78 is 49.2. The van der Waals surface area contributed by atoms with Gasteiger partial charge >= 0.3 is 0 Å². The van der Waals surface area contributed by atoms with Crippen molar-refractivity contribution in [1.29, 1.82) is 0 Å². The summed E-state index contributed by atoms with van der Waals surface area (Å²) in [6.45, 7) is 14.6. The summed E-state index contributed by atoms with van der Waals surface area (Å²) in [5, 5.41) is 6.31. The minimum absolute atomic E-state index is 0.0618. The van der Waals surface area contributed by atoms with E-state index in [2.05, 4.69) is 34.4 Å². The molecule has 0 spiro atoms. The van der Waals surface area contributed by atoms with E-state index in [9.17, 15) is 18.0 Å². The van der Waals surface area contributed by atoms with Crippen molar-refractivity contribution in [2.45, 2.75) is 70.4 Å². The molecule has 3 aliphatic rings. The summed E-state index contributed by atoms with van der Waals surface area (Å²) in [6, 6.07) is 22.4. The Kier molecular flexibility index (Phi) is 16.2. The van der Waals surface area contributed by atoms with Crippen LogP contribution >= 0.6 is 11.6 Å². The summed E-state index contributed by atoms with van der Waals surface area (Å²) >= 11 is 6.97. The van der Waals surface area contributed by atoms with Gasteiger partial charge in [-0.25, -0.2) is 17.8 Å². The molecule has 3 amide bonds. The molecule has 0 aliphatic carbocycles. The van der Waals surface area contributed by atoms with Gasteiger partial charge in [0.15, 0.2) is 5.69 Å². The lowest BCUT2D eigenvalue weighted by atomic mass is 9.92. The van der Waals surface area contributed by atoms with Crippen LogP contribution in [0, 0.1) is 6.92 Å². The predicted molar refractivity (Wildman–Crippen MR) is 261 cm³/mol. The van der Waals surface area contributed by atoms with E-state index >= 15 is 4.79 Å². The van der Waals surface area contributed by atoms with Crippen molar-refractivity contribution in [2.24, 2.45) is 0 Å². The zero-order valence-corrected chi connectivity index (χ0v) is 40.8. The molecular formula is C51H62ClN7O8S. The van der Waals surface area contributed by atoms with E-state index in [1.807, 2.05) is 35.2 Å². The number of ether oxygens (including phenoxy) is 3. The van der Waals surface area contributed by atoms with Crippen molar-refractivity contribution in [3.05, 3.63) is 118 Å². The molecule has 0 bridgehead atoms. The lowest BCUT2D eigenvalue weighted by molar-refractivity contribution is 0.0192. The van der Waals surface area contributed by atoms with Crippen molar-refractivity contribution in [2.75, 3.05) is 85.4 Å². The van der Waals surface area contributed by atoms with Crippen molar-refractivity contribution < 1.29 is 37.0 Å². The van der Waals surface area contributed by atoms with Crippen LogP contribution < -0.4 is 9.46 Å². The minimum atomic E-state index is -4.43. The standard InChI is InChI=1S/C51H62ClN7O8S/c1-4-6-19-57(20-7-5-2)51(62)48-47(52)36(3)59(53-48)45-18-16-39(32-44(45)50(61)58-34-40-12-9-8-11-38(40)31-41(58)35-56-23-28-66-29-24-56)49(60)54-68(63,64)42-17-15-37-13-10-14-46(43(37)33-42)67-30-25-55-21-26-65-27-22-55/h8-18,32-33,41H,4-7,19-31,34-35H2,1-3H3,(H,54,60)/t41-/m0/s1. The maximum absolute atomic E-state index is 15.4. The summed E-state index contributed by atoms with van der Waals surface area (Å²) in [5.74, 6) is -1.08. The van der Waals surface area contributed by atoms with Crippen LogP contribution in [0.2, 0.25) is 5.02 Å². The number of sulfonamides is 1. The number of morpholine rings is 2. The molecule has 0 unspecified atom stereocenters. The average molecular weight is 969 g/mol. The fourth-order valence-electron chi connectivity index (χ4n) is 9.14. The van der Waals surface area contributed by atoms with Crippen LogP contribution in [0.3, 0.4) is 0 Å². The fourth-order valence-corrected chi connectivity index (χ4v) is 10.3. The van der Waals surface area contributed by atoms with E-state index in [1.54, 1.807) is 30.0 Å². The smallest absolute Gasteiger partial charge is 0.275 e. The predicted octanol–water partition coefficient (Wildman–Crippen LogP) is 6.76. The largest absolute Gasteiger partial charge is 0.492 e. The van der Waals surface area contributed by atoms with Gasteiger partial charge in [0.25, 0.3) is 27.7 Å². The van der Waals surface area contributed by atoms with Gasteiger partial charge in [-0.3, -0.25) is 24.2 Å². The Bertz CT molecular complexity index is 2710. The van der Waals surface area contributed by atoms with Crippen LogP contribution in [-0.4, -0.2) is 147 Å². The van der Waals surface area contributed by atoms with Gasteiger partial charge in [0, 0.05) is 75.9 Å². The molecule has 1 atom stereocenters. The number of hydrogen-bond donors (Lipinski definition) is 1. The molecule has 362 valence electrons. The highest BCUT2D eigenvalue weighted by molar-refractivity contribution is 7.90. The number of halogens is 1. The number of carbonyl (C=O) groups is 3. The molecule has 1 aromatic heterocycles. The highest BCUT2D eigenvalue weighted by atomic mass is 35.5. The number of benzene rings is 4. The topological polar surface area (TPSA) is 156 Å². The molecule has 3 aliphatic heterocycles. The maximum atomic E-state index is 15.4. The van der Waals surface area contributed by atoms with Gasteiger partial charge in [0.2, 0.25) is 0 Å². The number of rotatable bonds is 18. The lowest BCUT2D eigenvalue weighted by Gasteiger charge is -2.40. The second-order valence-electron chi connectivity index (χ2n) is 17.7. The summed E-state index contributed by atoms with van der Waals surface area (Å²) in [6.07, 6.45) is 4.07. The van der Waals surface area contributed by atoms with Crippen LogP contribution in [0.1, 0.15) is 87.6 Å². The van der Waals surface area contributed by atoms with Gasteiger partial charge in [-0.2, -0.15) is 5.10 Å². The van der Waals surface area contributed by atoms with E-state index in [4.69, 9.17) is 30.9 Å². The highest BCUT2D eigenvalue weighted by Crippen LogP contribution is 2.32. The Labute approximate surface area is 404 Å². The molecule has 68 heavy (non-hydrogen) atoms. The average Bonchev–Trinajstić information content (AvgIpc) is 3.65. The van der Waals surface area contributed by atoms with Gasteiger partial charge < -0.3 is 24.0 Å². The van der Waals surface area contributed by atoms with Crippen molar-refractivity contribution in [3.8, 4) is 11.4 Å². The molecule has 8 rings (SSSR count). The number of aromatic nitrogens is 2. The molecule has 2 fully saturated rings. The number of hydrogen-bond acceptors (Lipinski definition) is 11. The van der Waals surface area contributed by atoms with Gasteiger partial charge in [-0.1, -0.05) is 80.8 Å². The first kappa shape index (κ1) is 49.1. The Morgan fingerprint density at radius 3 is 2.25 bits per heavy atom.